The number of anilines is 2. The molecule has 0 unspecified atom stereocenters. The van der Waals surface area contributed by atoms with Crippen LogP contribution in [0.3, 0.4) is 0 Å². The second-order valence-corrected chi connectivity index (χ2v) is 7.66. The van der Waals surface area contributed by atoms with E-state index in [-0.39, 0.29) is 30.7 Å². The Hall–Kier alpha value is -3.00. The van der Waals surface area contributed by atoms with Crippen LogP contribution in [-0.2, 0) is 4.74 Å². The number of hydrogen-bond acceptors (Lipinski definition) is 5. The van der Waals surface area contributed by atoms with Crippen LogP contribution in [0.25, 0.3) is 0 Å². The van der Waals surface area contributed by atoms with Crippen molar-refractivity contribution in [3.63, 3.8) is 0 Å². The van der Waals surface area contributed by atoms with E-state index >= 15 is 0 Å². The summed E-state index contributed by atoms with van der Waals surface area (Å²) in [7, 11) is 0. The first-order chi connectivity index (χ1) is 14.5. The molecule has 2 N–H and O–H groups in total. The Balaban J connectivity index is 1.30. The number of amides is 2. The van der Waals surface area contributed by atoms with Gasteiger partial charge in [0.15, 0.2) is 17.6 Å². The van der Waals surface area contributed by atoms with Crippen molar-refractivity contribution < 1.29 is 23.4 Å². The maximum absolute atomic E-state index is 14.7. The van der Waals surface area contributed by atoms with E-state index in [9.17, 15) is 9.18 Å². The molecule has 2 aliphatic heterocycles. The predicted octanol–water partition coefficient (Wildman–Crippen LogP) is 3.40. The van der Waals surface area contributed by atoms with Crippen molar-refractivity contribution in [2.24, 2.45) is 0 Å². The molecule has 0 aliphatic carbocycles. The molecule has 2 aliphatic rings. The van der Waals surface area contributed by atoms with E-state index in [1.165, 1.54) is 6.07 Å². The number of halogens is 1. The average molecular weight is 415 g/mol. The number of nitrogens with one attached hydrogen (secondary N) is 2. The number of ether oxygens (including phenoxy) is 3. The first kappa shape index (κ1) is 20.3. The number of carbonyl (C=O) groups is 1. The van der Waals surface area contributed by atoms with Gasteiger partial charge < -0.3 is 29.7 Å². The molecular formula is C22H26FN3O4. The van der Waals surface area contributed by atoms with Gasteiger partial charge in [-0.3, -0.25) is 0 Å². The lowest BCUT2D eigenvalue weighted by atomic mass is 10.2. The maximum atomic E-state index is 14.7. The highest BCUT2D eigenvalue weighted by Crippen LogP contribution is 2.30. The molecule has 0 aromatic heterocycles. The molecule has 2 aromatic rings. The second kappa shape index (κ2) is 8.79. The van der Waals surface area contributed by atoms with Crippen molar-refractivity contribution in [3.05, 3.63) is 48.3 Å². The number of benzene rings is 2. The molecule has 2 aromatic carbocycles. The quantitative estimate of drug-likeness (QED) is 0.801. The van der Waals surface area contributed by atoms with Gasteiger partial charge in [-0.1, -0.05) is 12.1 Å². The minimum atomic E-state index is -0.432. The summed E-state index contributed by atoms with van der Waals surface area (Å²) < 4.78 is 31.8. The molecule has 0 saturated carbocycles. The lowest BCUT2D eigenvalue weighted by Crippen LogP contribution is -2.45. The fourth-order valence-electron chi connectivity index (χ4n) is 3.76. The number of rotatable bonds is 4. The van der Waals surface area contributed by atoms with Crippen molar-refractivity contribution in [2.75, 3.05) is 36.5 Å². The lowest BCUT2D eigenvalue weighted by molar-refractivity contribution is -0.00539. The Labute approximate surface area is 175 Å². The highest BCUT2D eigenvalue weighted by Gasteiger charge is 2.25. The molecule has 0 spiro atoms. The standard InChI is InChI=1S/C22H26FN3O4/c1-14-11-26(12-15(2)29-14)19-8-7-16(9-18(19)23)25-22(27)24-10-17-13-28-20-5-3-4-6-21(20)30-17/h3-9,14-15,17H,10-13H2,1-2H3,(H2,24,25,27)/t14-,15-,17-/m1/s1. The molecule has 1 fully saturated rings. The third kappa shape index (κ3) is 4.76. The summed E-state index contributed by atoms with van der Waals surface area (Å²) in [4.78, 5) is 14.2. The summed E-state index contributed by atoms with van der Waals surface area (Å²) in [6.45, 7) is 5.81. The van der Waals surface area contributed by atoms with Gasteiger partial charge in [0, 0.05) is 18.8 Å². The van der Waals surface area contributed by atoms with Gasteiger partial charge in [0.05, 0.1) is 24.4 Å². The Bertz CT molecular complexity index is 900. The van der Waals surface area contributed by atoms with Crippen LogP contribution in [0.15, 0.2) is 42.5 Å². The topological polar surface area (TPSA) is 72.1 Å². The van der Waals surface area contributed by atoms with Crippen LogP contribution in [0.4, 0.5) is 20.6 Å². The Morgan fingerprint density at radius 3 is 2.60 bits per heavy atom. The van der Waals surface area contributed by atoms with Crippen LogP contribution in [0.2, 0.25) is 0 Å². The van der Waals surface area contributed by atoms with Crippen molar-refractivity contribution in [2.45, 2.75) is 32.2 Å². The summed E-state index contributed by atoms with van der Waals surface area (Å²) in [5, 5.41) is 5.40. The summed E-state index contributed by atoms with van der Waals surface area (Å²) in [5.41, 5.74) is 0.892. The fraction of sp³-hybridized carbons (Fsp3) is 0.409. The number of carbonyl (C=O) groups excluding carboxylic acids is 1. The molecule has 8 heteroatoms. The van der Waals surface area contributed by atoms with E-state index in [4.69, 9.17) is 14.2 Å². The van der Waals surface area contributed by atoms with Crippen molar-refractivity contribution >= 4 is 17.4 Å². The van der Waals surface area contributed by atoms with Gasteiger partial charge in [-0.2, -0.15) is 0 Å². The number of morpholine rings is 1. The van der Waals surface area contributed by atoms with Gasteiger partial charge in [0.1, 0.15) is 12.4 Å². The monoisotopic (exact) mass is 415 g/mol. The van der Waals surface area contributed by atoms with E-state index in [1.807, 2.05) is 43.0 Å². The molecule has 3 atom stereocenters. The van der Waals surface area contributed by atoms with E-state index in [0.717, 1.165) is 0 Å². The summed E-state index contributed by atoms with van der Waals surface area (Å²) >= 11 is 0. The molecular weight excluding hydrogens is 389 g/mol. The highest BCUT2D eigenvalue weighted by atomic mass is 19.1. The third-order valence-electron chi connectivity index (χ3n) is 5.02. The maximum Gasteiger partial charge on any atom is 0.319 e. The van der Waals surface area contributed by atoms with Crippen LogP contribution < -0.4 is 25.0 Å². The predicted molar refractivity (Wildman–Crippen MR) is 112 cm³/mol. The Morgan fingerprint density at radius 2 is 1.87 bits per heavy atom. The van der Waals surface area contributed by atoms with Gasteiger partial charge in [-0.15, -0.1) is 0 Å². The molecule has 7 nitrogen and oxygen atoms in total. The van der Waals surface area contributed by atoms with Crippen LogP contribution in [0.5, 0.6) is 11.5 Å². The number of urea groups is 1. The second-order valence-electron chi connectivity index (χ2n) is 7.66. The van der Waals surface area contributed by atoms with Gasteiger partial charge in [0.25, 0.3) is 0 Å². The fourth-order valence-corrected chi connectivity index (χ4v) is 3.76. The lowest BCUT2D eigenvalue weighted by Gasteiger charge is -2.37. The van der Waals surface area contributed by atoms with Crippen LogP contribution in [0.1, 0.15) is 13.8 Å². The van der Waals surface area contributed by atoms with Crippen molar-refractivity contribution in [1.29, 1.82) is 0 Å². The third-order valence-corrected chi connectivity index (χ3v) is 5.02. The number of nitrogens with zero attached hydrogens (tertiary/aromatic N) is 1. The summed E-state index contributed by atoms with van der Waals surface area (Å²) in [5.74, 6) is 0.966. The SMILES string of the molecule is C[C@@H]1CN(c2ccc(NC(=O)NC[C@@H]3COc4ccccc4O3)cc2F)C[C@@H](C)O1. The molecule has 0 bridgehead atoms. The molecule has 30 heavy (non-hydrogen) atoms. The Morgan fingerprint density at radius 1 is 1.13 bits per heavy atom. The van der Waals surface area contributed by atoms with Crippen LogP contribution in [0, 0.1) is 5.82 Å². The first-order valence-corrected chi connectivity index (χ1v) is 10.1. The van der Waals surface area contributed by atoms with Crippen LogP contribution >= 0.6 is 0 Å². The molecule has 160 valence electrons. The Kier molecular flexibility index (Phi) is 5.94. The van der Waals surface area contributed by atoms with E-state index < -0.39 is 6.03 Å². The molecule has 1 saturated heterocycles. The van der Waals surface area contributed by atoms with Crippen molar-refractivity contribution in [3.8, 4) is 11.5 Å². The van der Waals surface area contributed by atoms with E-state index in [2.05, 4.69) is 10.6 Å². The number of fused-ring (bicyclic) bond motifs is 1. The van der Waals surface area contributed by atoms with E-state index in [0.29, 0.717) is 42.6 Å². The summed E-state index contributed by atoms with van der Waals surface area (Å²) in [6.07, 6.45) is -0.223. The first-order valence-electron chi connectivity index (χ1n) is 10.1. The van der Waals surface area contributed by atoms with E-state index in [1.54, 1.807) is 12.1 Å². The number of para-hydroxylation sites is 2. The smallest absolute Gasteiger partial charge is 0.319 e. The van der Waals surface area contributed by atoms with Gasteiger partial charge >= 0.3 is 6.03 Å². The van der Waals surface area contributed by atoms with Crippen molar-refractivity contribution in [1.82, 2.24) is 5.32 Å². The van der Waals surface area contributed by atoms with Gasteiger partial charge in [0.2, 0.25) is 0 Å². The zero-order chi connectivity index (χ0) is 21.1. The van der Waals surface area contributed by atoms with Gasteiger partial charge in [-0.25, -0.2) is 9.18 Å². The minimum Gasteiger partial charge on any atom is -0.486 e. The van der Waals surface area contributed by atoms with Crippen LogP contribution in [-0.4, -0.2) is 50.6 Å². The summed E-state index contributed by atoms with van der Waals surface area (Å²) in [6, 6.07) is 11.7. The molecule has 4 rings (SSSR count). The molecule has 0 radical (unpaired) electrons. The normalized spacial score (nSPS) is 23.0. The largest absolute Gasteiger partial charge is 0.486 e. The molecule has 2 heterocycles. The molecule has 2 amide bonds. The zero-order valence-corrected chi connectivity index (χ0v) is 17.1. The number of hydrogen-bond donors (Lipinski definition) is 2. The highest BCUT2D eigenvalue weighted by molar-refractivity contribution is 5.89. The van der Waals surface area contributed by atoms with Gasteiger partial charge in [-0.05, 0) is 44.2 Å². The average Bonchev–Trinajstić information content (AvgIpc) is 2.71. The zero-order valence-electron chi connectivity index (χ0n) is 17.1. The minimum absolute atomic E-state index is 0.0367.